The van der Waals surface area contributed by atoms with Gasteiger partial charge in [0.2, 0.25) is 0 Å². The van der Waals surface area contributed by atoms with Crippen molar-refractivity contribution in [3.8, 4) is 0 Å². The third kappa shape index (κ3) is 3.46. The van der Waals surface area contributed by atoms with Crippen LogP contribution in [0.2, 0.25) is 0 Å². The van der Waals surface area contributed by atoms with E-state index in [0.717, 1.165) is 5.56 Å². The number of non-ortho nitro benzene ring substituents is 1. The Bertz CT molecular complexity index is 514. The quantitative estimate of drug-likeness (QED) is 0.663. The van der Waals surface area contributed by atoms with Gasteiger partial charge in [-0.3, -0.25) is 10.1 Å². The maximum Gasteiger partial charge on any atom is 0.317 e. The predicted octanol–water partition coefficient (Wildman–Crippen LogP) is 2.53. The molecular weight excluding hydrogens is 258 g/mol. The lowest BCUT2D eigenvalue weighted by atomic mass is 10.2. The fourth-order valence-corrected chi connectivity index (χ4v) is 2.16. The fourth-order valence-electron chi connectivity index (χ4n) is 2.16. The molecule has 0 bridgehead atoms. The molecule has 20 heavy (non-hydrogen) atoms. The van der Waals surface area contributed by atoms with Crippen molar-refractivity contribution in [1.82, 2.24) is 10.2 Å². The second-order valence-electron chi connectivity index (χ2n) is 5.27. The molecule has 0 aromatic heterocycles. The summed E-state index contributed by atoms with van der Waals surface area (Å²) in [7, 11) is 1.78. The van der Waals surface area contributed by atoms with Crippen molar-refractivity contribution in [2.75, 3.05) is 7.05 Å². The van der Waals surface area contributed by atoms with E-state index in [2.05, 4.69) is 5.32 Å². The van der Waals surface area contributed by atoms with Crippen LogP contribution in [0.25, 0.3) is 0 Å². The molecule has 1 atom stereocenters. The van der Waals surface area contributed by atoms with Crippen molar-refractivity contribution in [2.24, 2.45) is 5.92 Å². The van der Waals surface area contributed by atoms with Crippen LogP contribution in [0.4, 0.5) is 10.5 Å². The summed E-state index contributed by atoms with van der Waals surface area (Å²) in [4.78, 5) is 23.9. The molecule has 6 heteroatoms. The number of nitrogens with zero attached hydrogens (tertiary/aromatic N) is 2. The molecule has 1 saturated carbocycles. The van der Waals surface area contributed by atoms with Gasteiger partial charge in [-0.25, -0.2) is 4.79 Å². The highest BCUT2D eigenvalue weighted by Crippen LogP contribution is 2.34. The number of carbonyl (C=O) groups excluding carboxylic acids is 1. The van der Waals surface area contributed by atoms with Crippen molar-refractivity contribution in [2.45, 2.75) is 32.4 Å². The molecule has 1 aromatic rings. The molecule has 1 fully saturated rings. The topological polar surface area (TPSA) is 75.5 Å². The minimum absolute atomic E-state index is 0.0384. The van der Waals surface area contributed by atoms with Crippen LogP contribution in [-0.4, -0.2) is 28.9 Å². The van der Waals surface area contributed by atoms with Gasteiger partial charge in [0, 0.05) is 31.8 Å². The smallest absolute Gasteiger partial charge is 0.317 e. The summed E-state index contributed by atoms with van der Waals surface area (Å²) in [5.41, 5.74) is 0.761. The Morgan fingerprint density at radius 3 is 2.85 bits per heavy atom. The zero-order valence-electron chi connectivity index (χ0n) is 11.7. The summed E-state index contributed by atoms with van der Waals surface area (Å²) in [6, 6.07) is 6.39. The summed E-state index contributed by atoms with van der Waals surface area (Å²) in [5.74, 6) is 0.614. The molecule has 1 unspecified atom stereocenters. The number of amides is 2. The van der Waals surface area contributed by atoms with Crippen molar-refractivity contribution < 1.29 is 9.72 Å². The maximum absolute atomic E-state index is 12.0. The molecule has 1 N–H and O–H groups in total. The molecular formula is C14H19N3O3. The average molecular weight is 277 g/mol. The van der Waals surface area contributed by atoms with Gasteiger partial charge in [-0.15, -0.1) is 0 Å². The SMILES string of the molecule is CC(C1CC1)N(C)C(=O)NCc1cccc([N+](=O)[O-])c1. The Hall–Kier alpha value is -2.11. The molecule has 1 aliphatic rings. The van der Waals surface area contributed by atoms with Crippen molar-refractivity contribution >= 4 is 11.7 Å². The second kappa shape index (κ2) is 5.90. The van der Waals surface area contributed by atoms with Gasteiger partial charge in [-0.1, -0.05) is 12.1 Å². The van der Waals surface area contributed by atoms with Crippen molar-refractivity contribution in [1.29, 1.82) is 0 Å². The number of nitro groups is 1. The molecule has 6 nitrogen and oxygen atoms in total. The number of rotatable bonds is 5. The van der Waals surface area contributed by atoms with Gasteiger partial charge in [0.15, 0.2) is 0 Å². The highest BCUT2D eigenvalue weighted by molar-refractivity contribution is 5.74. The summed E-state index contributed by atoms with van der Waals surface area (Å²) in [6.45, 7) is 2.34. The van der Waals surface area contributed by atoms with Gasteiger partial charge in [0.1, 0.15) is 0 Å². The zero-order valence-corrected chi connectivity index (χ0v) is 11.7. The lowest BCUT2D eigenvalue weighted by Crippen LogP contribution is -2.42. The van der Waals surface area contributed by atoms with Crippen LogP contribution < -0.4 is 5.32 Å². The number of urea groups is 1. The van der Waals surface area contributed by atoms with Crippen LogP contribution in [-0.2, 0) is 6.54 Å². The standard InChI is InChI=1S/C14H19N3O3/c1-10(12-6-7-12)16(2)14(18)15-9-11-4-3-5-13(8-11)17(19)20/h3-5,8,10,12H,6-7,9H2,1-2H3,(H,15,18). The lowest BCUT2D eigenvalue weighted by Gasteiger charge is -2.25. The molecule has 0 saturated heterocycles. The number of hydrogen-bond acceptors (Lipinski definition) is 3. The molecule has 0 heterocycles. The molecule has 0 spiro atoms. The number of carbonyl (C=O) groups is 1. The van der Waals surface area contributed by atoms with E-state index < -0.39 is 4.92 Å². The van der Waals surface area contributed by atoms with Crippen LogP contribution in [0.5, 0.6) is 0 Å². The van der Waals surface area contributed by atoms with Gasteiger partial charge < -0.3 is 10.2 Å². The van der Waals surface area contributed by atoms with Gasteiger partial charge >= 0.3 is 6.03 Å². The van der Waals surface area contributed by atoms with E-state index in [-0.39, 0.29) is 17.8 Å². The van der Waals surface area contributed by atoms with Crippen LogP contribution in [0.3, 0.4) is 0 Å². The maximum atomic E-state index is 12.0. The van der Waals surface area contributed by atoms with E-state index in [0.29, 0.717) is 12.5 Å². The van der Waals surface area contributed by atoms with E-state index in [1.54, 1.807) is 24.1 Å². The number of hydrogen-bond donors (Lipinski definition) is 1. The molecule has 1 aliphatic carbocycles. The average Bonchev–Trinajstić information content (AvgIpc) is 3.28. The Morgan fingerprint density at radius 1 is 1.55 bits per heavy atom. The summed E-state index contributed by atoms with van der Waals surface area (Å²) in [5, 5.41) is 13.5. The minimum atomic E-state index is -0.438. The molecule has 2 amide bonds. The third-order valence-electron chi connectivity index (χ3n) is 3.80. The summed E-state index contributed by atoms with van der Waals surface area (Å²) >= 11 is 0. The van der Waals surface area contributed by atoms with Gasteiger partial charge in [0.05, 0.1) is 4.92 Å². The van der Waals surface area contributed by atoms with Crippen molar-refractivity contribution in [3.63, 3.8) is 0 Å². The van der Waals surface area contributed by atoms with E-state index in [9.17, 15) is 14.9 Å². The number of benzene rings is 1. The first-order chi connectivity index (χ1) is 9.49. The fraction of sp³-hybridized carbons (Fsp3) is 0.500. The van der Waals surface area contributed by atoms with E-state index in [1.807, 2.05) is 6.92 Å². The van der Waals surface area contributed by atoms with Crippen LogP contribution in [0, 0.1) is 16.0 Å². The van der Waals surface area contributed by atoms with E-state index in [1.165, 1.54) is 25.0 Å². The van der Waals surface area contributed by atoms with Crippen LogP contribution in [0.1, 0.15) is 25.3 Å². The highest BCUT2D eigenvalue weighted by Gasteiger charge is 2.32. The minimum Gasteiger partial charge on any atom is -0.334 e. The van der Waals surface area contributed by atoms with Gasteiger partial charge in [0.25, 0.3) is 5.69 Å². The Morgan fingerprint density at radius 2 is 2.25 bits per heavy atom. The largest absolute Gasteiger partial charge is 0.334 e. The molecule has 0 aliphatic heterocycles. The second-order valence-corrected chi connectivity index (χ2v) is 5.27. The Balaban J connectivity index is 1.89. The first-order valence-electron chi connectivity index (χ1n) is 6.73. The summed E-state index contributed by atoms with van der Waals surface area (Å²) < 4.78 is 0. The third-order valence-corrected chi connectivity index (χ3v) is 3.80. The predicted molar refractivity (Wildman–Crippen MR) is 75.3 cm³/mol. The van der Waals surface area contributed by atoms with E-state index >= 15 is 0 Å². The Kier molecular flexibility index (Phi) is 4.22. The monoisotopic (exact) mass is 277 g/mol. The summed E-state index contributed by atoms with van der Waals surface area (Å²) in [6.07, 6.45) is 2.37. The lowest BCUT2D eigenvalue weighted by molar-refractivity contribution is -0.384. The van der Waals surface area contributed by atoms with Crippen LogP contribution >= 0.6 is 0 Å². The highest BCUT2D eigenvalue weighted by atomic mass is 16.6. The van der Waals surface area contributed by atoms with Crippen molar-refractivity contribution in [3.05, 3.63) is 39.9 Å². The molecule has 2 rings (SSSR count). The normalized spacial score (nSPS) is 15.5. The number of nitrogens with one attached hydrogen (secondary N) is 1. The zero-order chi connectivity index (χ0) is 14.7. The Labute approximate surface area is 117 Å². The van der Waals surface area contributed by atoms with Gasteiger partial charge in [-0.05, 0) is 31.2 Å². The molecule has 1 aromatic carbocycles. The van der Waals surface area contributed by atoms with Crippen LogP contribution in [0.15, 0.2) is 24.3 Å². The molecule has 108 valence electrons. The first kappa shape index (κ1) is 14.3. The van der Waals surface area contributed by atoms with E-state index in [4.69, 9.17) is 0 Å². The number of nitro benzene ring substituents is 1. The first-order valence-corrected chi connectivity index (χ1v) is 6.73. The molecule has 0 radical (unpaired) electrons. The van der Waals surface area contributed by atoms with Gasteiger partial charge in [-0.2, -0.15) is 0 Å².